The van der Waals surface area contributed by atoms with Crippen LogP contribution in [0.5, 0.6) is 0 Å². The standard InChI is InChI=1S/3C11H19O4.Ta/c3*1-10(2,3)7(12)6-8(13)11(4,5)9(14)15;/h3*14-15H,6H2,1-5H3;. The van der Waals surface area contributed by atoms with Crippen LogP contribution in [0.2, 0.25) is 0 Å². The van der Waals surface area contributed by atoms with Gasteiger partial charge < -0.3 is 0 Å². The van der Waals surface area contributed by atoms with Crippen LogP contribution in [-0.2, 0) is 47.2 Å². The van der Waals surface area contributed by atoms with Crippen LogP contribution in [-0.4, -0.2) is 77.4 Å². The number of aliphatic hydroxyl groups is 6. The van der Waals surface area contributed by atoms with Gasteiger partial charge in [-0.2, -0.15) is 0 Å². The molecule has 266 valence electrons. The fourth-order valence-corrected chi connectivity index (χ4v) is 16.0. The van der Waals surface area contributed by atoms with Gasteiger partial charge >= 0.3 is 280 Å². The summed E-state index contributed by atoms with van der Waals surface area (Å²) in [5, 5.41) is 71.3. The summed E-state index contributed by atoms with van der Waals surface area (Å²) in [6, 6.07) is 0. The maximum absolute atomic E-state index is 13.5. The molecule has 0 radical (unpaired) electrons. The van der Waals surface area contributed by atoms with Crippen LogP contribution < -0.4 is 0 Å². The SMILES string of the molecule is CC(C)(C)C(=O)CC(=O)C(C)(C)[C](O)(O)[Ta]([C](O)(O)C(C)(C)C(=O)CC(=O)C(C)(C)C)[C](O)(O)C(C)(C)C(=O)CC(=O)C(C)(C)C. The summed E-state index contributed by atoms with van der Waals surface area (Å²) in [6.07, 6.45) is -2.51. The first-order chi connectivity index (χ1) is 19.8. The minimum absolute atomic E-state index is 0.599. The topological polar surface area (TPSA) is 224 Å². The van der Waals surface area contributed by atoms with Gasteiger partial charge in [-0.05, 0) is 0 Å². The predicted octanol–water partition coefficient (Wildman–Crippen LogP) is 2.32. The van der Waals surface area contributed by atoms with E-state index in [0.717, 1.165) is 41.5 Å². The van der Waals surface area contributed by atoms with E-state index in [4.69, 9.17) is 0 Å². The van der Waals surface area contributed by atoms with Gasteiger partial charge in [-0.3, -0.25) is 0 Å². The molecule has 0 aliphatic rings. The van der Waals surface area contributed by atoms with Gasteiger partial charge in [0.15, 0.2) is 0 Å². The van der Waals surface area contributed by atoms with Crippen molar-refractivity contribution < 1.29 is 77.8 Å². The molecule has 0 bridgehead atoms. The maximum atomic E-state index is 13.5. The normalized spacial score (nSPS) is 14.7. The molecule has 0 spiro atoms. The van der Waals surface area contributed by atoms with Crippen LogP contribution in [0.25, 0.3) is 0 Å². The second kappa shape index (κ2) is 13.4. The number of ketones is 6. The van der Waals surface area contributed by atoms with Crippen LogP contribution in [0.3, 0.4) is 0 Å². The Hall–Kier alpha value is -1.48. The molecule has 0 atom stereocenters. The molecular weight excluding hydrogens is 769 g/mol. The van der Waals surface area contributed by atoms with Gasteiger partial charge in [0.1, 0.15) is 0 Å². The van der Waals surface area contributed by atoms with Crippen molar-refractivity contribution in [3.05, 3.63) is 0 Å². The summed E-state index contributed by atoms with van der Waals surface area (Å²) < 4.78 is -11.0. The molecule has 0 amide bonds. The van der Waals surface area contributed by atoms with Crippen molar-refractivity contribution in [1.29, 1.82) is 0 Å². The molecule has 12 nitrogen and oxygen atoms in total. The van der Waals surface area contributed by atoms with Crippen molar-refractivity contribution in [2.45, 2.75) is 135 Å². The van der Waals surface area contributed by atoms with E-state index in [0.29, 0.717) is 0 Å². The molecule has 0 aliphatic carbocycles. The Morgan fingerprint density at radius 2 is 0.500 bits per heavy atom. The summed E-state index contributed by atoms with van der Waals surface area (Å²) in [7, 11) is 0. The van der Waals surface area contributed by atoms with Crippen LogP contribution >= 0.6 is 0 Å². The molecule has 0 aromatic rings. The van der Waals surface area contributed by atoms with Crippen molar-refractivity contribution in [2.75, 3.05) is 0 Å². The molecule has 0 saturated heterocycles. The molecular formula is C33H57O12Ta. The zero-order valence-corrected chi connectivity index (χ0v) is 33.4. The van der Waals surface area contributed by atoms with Gasteiger partial charge in [-0.1, -0.05) is 0 Å². The zero-order valence-electron chi connectivity index (χ0n) is 30.2. The van der Waals surface area contributed by atoms with Gasteiger partial charge in [0.25, 0.3) is 0 Å². The van der Waals surface area contributed by atoms with Crippen LogP contribution in [0.15, 0.2) is 0 Å². The molecule has 6 N–H and O–H groups in total. The average molecular weight is 827 g/mol. The molecule has 0 aromatic heterocycles. The second-order valence-electron chi connectivity index (χ2n) is 16.9. The molecule has 0 saturated carbocycles. The van der Waals surface area contributed by atoms with Crippen LogP contribution in [0.1, 0.15) is 123 Å². The Morgan fingerprint density at radius 3 is 0.630 bits per heavy atom. The van der Waals surface area contributed by atoms with Crippen molar-refractivity contribution in [2.24, 2.45) is 32.5 Å². The second-order valence-corrected chi connectivity index (χ2v) is 26.1. The number of carbonyl (C=O) groups is 6. The third-order valence-corrected chi connectivity index (χ3v) is 21.8. The predicted molar refractivity (Wildman–Crippen MR) is 165 cm³/mol. The summed E-state index contributed by atoms with van der Waals surface area (Å²) in [5.41, 5.74) is -10.6. The van der Waals surface area contributed by atoms with Gasteiger partial charge in [-0.25, -0.2) is 0 Å². The molecule has 0 rings (SSSR count). The molecule has 13 heteroatoms. The summed E-state index contributed by atoms with van der Waals surface area (Å²) in [5.74, 6) is -5.08. The van der Waals surface area contributed by atoms with E-state index in [1.54, 1.807) is 0 Å². The van der Waals surface area contributed by atoms with Gasteiger partial charge in [0.2, 0.25) is 0 Å². The van der Waals surface area contributed by atoms with Crippen molar-refractivity contribution in [1.82, 2.24) is 0 Å². The summed E-state index contributed by atoms with van der Waals surface area (Å²) >= 11 is -6.34. The fraction of sp³-hybridized carbons (Fsp3) is 0.818. The number of hydrogen-bond acceptors (Lipinski definition) is 12. The summed E-state index contributed by atoms with van der Waals surface area (Å²) in [6.45, 7) is 19.6. The number of carbonyl (C=O) groups excluding carboxylic acids is 6. The number of rotatable bonds is 15. The molecule has 0 heterocycles. The van der Waals surface area contributed by atoms with Gasteiger partial charge in [-0.15, -0.1) is 0 Å². The van der Waals surface area contributed by atoms with Crippen LogP contribution in [0, 0.1) is 32.5 Å². The van der Waals surface area contributed by atoms with E-state index in [1.165, 1.54) is 62.3 Å². The van der Waals surface area contributed by atoms with E-state index in [-0.39, 0.29) is 0 Å². The van der Waals surface area contributed by atoms with Crippen molar-refractivity contribution >= 4 is 34.7 Å². The third-order valence-electron chi connectivity index (χ3n) is 9.02. The Kier molecular flexibility index (Phi) is 13.0. The quantitative estimate of drug-likeness (QED) is 0.103. The Bertz CT molecular complexity index is 1080. The Balaban J connectivity index is 7.66. The van der Waals surface area contributed by atoms with E-state index in [9.17, 15) is 59.4 Å². The number of hydrogen-bond donors (Lipinski definition) is 6. The molecule has 0 aliphatic heterocycles. The van der Waals surface area contributed by atoms with Gasteiger partial charge in [0, 0.05) is 0 Å². The first-order valence-electron chi connectivity index (χ1n) is 15.1. The van der Waals surface area contributed by atoms with Crippen molar-refractivity contribution in [3.63, 3.8) is 0 Å². The van der Waals surface area contributed by atoms with Crippen LogP contribution in [0.4, 0.5) is 0 Å². The number of Topliss-reactive ketones (excluding diaryl/α,β-unsaturated/α-hetero) is 6. The monoisotopic (exact) mass is 826 g/mol. The molecule has 0 fully saturated rings. The molecule has 0 unspecified atom stereocenters. The first-order valence-corrected chi connectivity index (χ1v) is 19.9. The summed E-state index contributed by atoms with van der Waals surface area (Å²) in [4.78, 5) is 78.9. The van der Waals surface area contributed by atoms with Gasteiger partial charge in [0.05, 0.1) is 0 Å². The minimum atomic E-state index is -6.34. The molecule has 46 heavy (non-hydrogen) atoms. The third kappa shape index (κ3) is 8.75. The van der Waals surface area contributed by atoms with E-state index >= 15 is 0 Å². The Labute approximate surface area is 279 Å². The van der Waals surface area contributed by atoms with E-state index in [1.807, 2.05) is 0 Å². The fourth-order valence-electron chi connectivity index (χ4n) is 3.95. The first kappa shape index (κ1) is 44.5. The Morgan fingerprint density at radius 1 is 0.348 bits per heavy atom. The van der Waals surface area contributed by atoms with E-state index < -0.39 is 117 Å². The van der Waals surface area contributed by atoms with Crippen molar-refractivity contribution in [3.8, 4) is 0 Å². The van der Waals surface area contributed by atoms with E-state index in [2.05, 4.69) is 0 Å². The molecule has 0 aromatic carbocycles. The average Bonchev–Trinajstić information content (AvgIpc) is 2.80. The zero-order chi connectivity index (χ0) is 37.7.